The molecular weight excluding hydrogens is 386 g/mol. The standard InChI is InChI=1S/C21H21N5O2S/c1-3-26-20(15-8-10-17(28-2)11-9-15)24-25-21(26)29-13-12-19(27)23-18-7-5-4-6-16(18)14-22/h4-11H,3,12-13H2,1-2H3,(H,23,27). The Bertz CT molecular complexity index is 1020. The van der Waals surface area contributed by atoms with E-state index in [1.54, 1.807) is 31.4 Å². The van der Waals surface area contributed by atoms with Crippen molar-refractivity contribution in [2.24, 2.45) is 0 Å². The van der Waals surface area contributed by atoms with E-state index in [0.717, 1.165) is 28.8 Å². The SMILES string of the molecule is CCn1c(SCCC(=O)Nc2ccccc2C#N)nnc1-c1ccc(OC)cc1. The lowest BCUT2D eigenvalue weighted by molar-refractivity contribution is -0.115. The lowest BCUT2D eigenvalue weighted by Crippen LogP contribution is -2.13. The summed E-state index contributed by atoms with van der Waals surface area (Å²) >= 11 is 1.48. The van der Waals surface area contributed by atoms with Crippen molar-refractivity contribution in [2.45, 2.75) is 25.0 Å². The average Bonchev–Trinajstić information content (AvgIpc) is 3.17. The summed E-state index contributed by atoms with van der Waals surface area (Å²) in [5.41, 5.74) is 1.93. The van der Waals surface area contributed by atoms with Gasteiger partial charge >= 0.3 is 0 Å². The molecule has 3 aromatic rings. The van der Waals surface area contributed by atoms with Gasteiger partial charge in [0, 0.05) is 24.3 Å². The fourth-order valence-electron chi connectivity index (χ4n) is 2.77. The molecule has 148 valence electrons. The molecule has 1 amide bonds. The number of methoxy groups -OCH3 is 1. The van der Waals surface area contributed by atoms with Gasteiger partial charge in [-0.1, -0.05) is 23.9 Å². The van der Waals surface area contributed by atoms with Crippen LogP contribution in [0.1, 0.15) is 18.9 Å². The van der Waals surface area contributed by atoms with Gasteiger partial charge in [-0.3, -0.25) is 4.79 Å². The number of carbonyl (C=O) groups is 1. The van der Waals surface area contributed by atoms with Gasteiger partial charge in [0.15, 0.2) is 11.0 Å². The molecule has 1 N–H and O–H groups in total. The van der Waals surface area contributed by atoms with E-state index in [9.17, 15) is 4.79 Å². The van der Waals surface area contributed by atoms with Crippen LogP contribution in [0.2, 0.25) is 0 Å². The first-order valence-electron chi connectivity index (χ1n) is 9.15. The Balaban J connectivity index is 1.61. The predicted molar refractivity (Wildman–Crippen MR) is 113 cm³/mol. The van der Waals surface area contributed by atoms with Gasteiger partial charge in [0.25, 0.3) is 0 Å². The molecule has 0 bridgehead atoms. The van der Waals surface area contributed by atoms with E-state index in [4.69, 9.17) is 10.00 Å². The molecular formula is C21H21N5O2S. The Morgan fingerprint density at radius 2 is 1.97 bits per heavy atom. The van der Waals surface area contributed by atoms with Crippen molar-refractivity contribution in [3.63, 3.8) is 0 Å². The summed E-state index contributed by atoms with van der Waals surface area (Å²) < 4.78 is 7.22. The van der Waals surface area contributed by atoms with E-state index in [-0.39, 0.29) is 5.91 Å². The van der Waals surface area contributed by atoms with Gasteiger partial charge in [0.1, 0.15) is 11.8 Å². The first kappa shape index (κ1) is 20.4. The van der Waals surface area contributed by atoms with Crippen LogP contribution in [0.15, 0.2) is 53.7 Å². The Hall–Kier alpha value is -3.31. The molecule has 0 atom stereocenters. The van der Waals surface area contributed by atoms with Crippen LogP contribution in [0.4, 0.5) is 5.69 Å². The fraction of sp³-hybridized carbons (Fsp3) is 0.238. The van der Waals surface area contributed by atoms with Gasteiger partial charge in [-0.15, -0.1) is 10.2 Å². The lowest BCUT2D eigenvalue weighted by Gasteiger charge is -2.08. The second-order valence-corrected chi connectivity index (χ2v) is 7.15. The summed E-state index contributed by atoms with van der Waals surface area (Å²) in [6.07, 6.45) is 0.304. The molecule has 7 nitrogen and oxygen atoms in total. The summed E-state index contributed by atoms with van der Waals surface area (Å²) in [5.74, 6) is 1.99. The number of aromatic nitrogens is 3. The molecule has 0 saturated heterocycles. The van der Waals surface area contributed by atoms with Crippen LogP contribution in [0.25, 0.3) is 11.4 Å². The van der Waals surface area contributed by atoms with E-state index in [1.165, 1.54) is 11.8 Å². The van der Waals surface area contributed by atoms with Crippen molar-refractivity contribution in [3.05, 3.63) is 54.1 Å². The third-order valence-electron chi connectivity index (χ3n) is 4.26. The van der Waals surface area contributed by atoms with Gasteiger partial charge in [0.2, 0.25) is 5.91 Å². The van der Waals surface area contributed by atoms with Crippen molar-refractivity contribution in [1.82, 2.24) is 14.8 Å². The fourth-order valence-corrected chi connectivity index (χ4v) is 3.71. The van der Waals surface area contributed by atoms with Crippen molar-refractivity contribution >= 4 is 23.4 Å². The summed E-state index contributed by atoms with van der Waals surface area (Å²) in [6, 6.07) is 16.7. The summed E-state index contributed by atoms with van der Waals surface area (Å²) in [6.45, 7) is 2.75. The number of hydrogen-bond acceptors (Lipinski definition) is 6. The summed E-state index contributed by atoms with van der Waals surface area (Å²) in [4.78, 5) is 12.2. The highest BCUT2D eigenvalue weighted by Crippen LogP contribution is 2.26. The third kappa shape index (κ3) is 4.95. The minimum atomic E-state index is -0.141. The molecule has 0 aliphatic heterocycles. The van der Waals surface area contributed by atoms with Gasteiger partial charge in [0.05, 0.1) is 18.4 Å². The van der Waals surface area contributed by atoms with Crippen LogP contribution >= 0.6 is 11.8 Å². The highest BCUT2D eigenvalue weighted by atomic mass is 32.2. The van der Waals surface area contributed by atoms with Crippen LogP contribution in [-0.4, -0.2) is 33.5 Å². The van der Waals surface area contributed by atoms with Crippen LogP contribution in [-0.2, 0) is 11.3 Å². The van der Waals surface area contributed by atoms with E-state index in [2.05, 4.69) is 21.6 Å². The minimum Gasteiger partial charge on any atom is -0.497 e. The quantitative estimate of drug-likeness (QED) is 0.568. The molecule has 2 aromatic carbocycles. The minimum absolute atomic E-state index is 0.141. The highest BCUT2D eigenvalue weighted by Gasteiger charge is 2.14. The zero-order chi connectivity index (χ0) is 20.6. The maximum absolute atomic E-state index is 12.2. The number of hydrogen-bond donors (Lipinski definition) is 1. The number of thioether (sulfide) groups is 1. The van der Waals surface area contributed by atoms with Gasteiger partial charge in [-0.25, -0.2) is 0 Å². The second kappa shape index (κ2) is 9.75. The van der Waals surface area contributed by atoms with Crippen LogP contribution in [0.5, 0.6) is 5.75 Å². The van der Waals surface area contributed by atoms with Gasteiger partial charge < -0.3 is 14.6 Å². The molecule has 0 unspecified atom stereocenters. The highest BCUT2D eigenvalue weighted by molar-refractivity contribution is 7.99. The topological polar surface area (TPSA) is 92.8 Å². The molecule has 0 spiro atoms. The zero-order valence-electron chi connectivity index (χ0n) is 16.3. The summed E-state index contributed by atoms with van der Waals surface area (Å²) in [5, 5.41) is 21.3. The Morgan fingerprint density at radius 3 is 2.66 bits per heavy atom. The van der Waals surface area contributed by atoms with E-state index < -0.39 is 0 Å². The van der Waals surface area contributed by atoms with Crippen LogP contribution in [0, 0.1) is 11.3 Å². The first-order chi connectivity index (χ1) is 14.2. The second-order valence-electron chi connectivity index (χ2n) is 6.08. The third-order valence-corrected chi connectivity index (χ3v) is 5.23. The van der Waals surface area contributed by atoms with Crippen molar-refractivity contribution in [1.29, 1.82) is 5.26 Å². The molecule has 0 radical (unpaired) electrons. The number of benzene rings is 2. The predicted octanol–water partition coefficient (Wildman–Crippen LogP) is 3.97. The Labute approximate surface area is 173 Å². The van der Waals surface area contributed by atoms with Crippen molar-refractivity contribution < 1.29 is 9.53 Å². The number of nitriles is 1. The number of anilines is 1. The molecule has 29 heavy (non-hydrogen) atoms. The maximum Gasteiger partial charge on any atom is 0.225 e. The number of ether oxygens (including phenoxy) is 1. The van der Waals surface area contributed by atoms with Gasteiger partial charge in [-0.05, 0) is 43.3 Å². The molecule has 0 fully saturated rings. The Morgan fingerprint density at radius 1 is 1.21 bits per heavy atom. The van der Waals surface area contributed by atoms with Crippen LogP contribution in [0.3, 0.4) is 0 Å². The molecule has 0 aliphatic rings. The normalized spacial score (nSPS) is 10.4. The summed E-state index contributed by atoms with van der Waals surface area (Å²) in [7, 11) is 1.63. The van der Waals surface area contributed by atoms with E-state index >= 15 is 0 Å². The van der Waals surface area contributed by atoms with E-state index in [0.29, 0.717) is 23.4 Å². The molecule has 1 heterocycles. The number of carbonyl (C=O) groups excluding carboxylic acids is 1. The molecule has 1 aromatic heterocycles. The van der Waals surface area contributed by atoms with Crippen LogP contribution < -0.4 is 10.1 Å². The first-order valence-corrected chi connectivity index (χ1v) is 10.1. The number of nitrogens with one attached hydrogen (secondary N) is 1. The number of rotatable bonds is 8. The zero-order valence-corrected chi connectivity index (χ0v) is 17.1. The maximum atomic E-state index is 12.2. The average molecular weight is 407 g/mol. The molecule has 3 rings (SSSR count). The van der Waals surface area contributed by atoms with Crippen molar-refractivity contribution in [2.75, 3.05) is 18.2 Å². The largest absolute Gasteiger partial charge is 0.497 e. The Kier molecular flexibility index (Phi) is 6.87. The number of para-hydroxylation sites is 1. The lowest BCUT2D eigenvalue weighted by atomic mass is 10.2. The molecule has 0 aliphatic carbocycles. The number of nitrogens with zero attached hydrogens (tertiary/aromatic N) is 4. The van der Waals surface area contributed by atoms with E-state index in [1.807, 2.05) is 35.8 Å². The van der Waals surface area contributed by atoms with Crippen molar-refractivity contribution in [3.8, 4) is 23.2 Å². The van der Waals surface area contributed by atoms with Gasteiger partial charge in [-0.2, -0.15) is 5.26 Å². The smallest absolute Gasteiger partial charge is 0.225 e. The number of amides is 1. The molecule has 0 saturated carbocycles. The molecule has 8 heteroatoms. The monoisotopic (exact) mass is 407 g/mol.